The molecule has 3 nitrogen and oxygen atoms in total. The minimum absolute atomic E-state index is 0.111. The van der Waals surface area contributed by atoms with Crippen molar-refractivity contribution in [2.24, 2.45) is 35.3 Å². The van der Waals surface area contributed by atoms with Crippen LogP contribution >= 0.6 is 0 Å². The van der Waals surface area contributed by atoms with E-state index in [0.717, 1.165) is 12.5 Å². The van der Waals surface area contributed by atoms with E-state index in [1.165, 1.54) is 32.1 Å². The third kappa shape index (κ3) is 2.10. The summed E-state index contributed by atoms with van der Waals surface area (Å²) in [7, 11) is 0. The van der Waals surface area contributed by atoms with E-state index in [1.807, 2.05) is 0 Å². The van der Waals surface area contributed by atoms with Crippen LogP contribution in [0, 0.1) is 29.6 Å². The van der Waals surface area contributed by atoms with Crippen molar-refractivity contribution in [2.45, 2.75) is 45.1 Å². The molecule has 0 aromatic carbocycles. The van der Waals surface area contributed by atoms with E-state index in [0.29, 0.717) is 17.8 Å². The maximum absolute atomic E-state index is 12.2. The maximum atomic E-state index is 12.2. The number of rotatable bonds is 4. The second kappa shape index (κ2) is 4.27. The molecule has 96 valence electrons. The van der Waals surface area contributed by atoms with Gasteiger partial charge in [0.2, 0.25) is 5.91 Å². The number of fused-ring (bicyclic) bond motifs is 2. The lowest BCUT2D eigenvalue weighted by atomic mass is 9.84. The van der Waals surface area contributed by atoms with Crippen molar-refractivity contribution in [3.8, 4) is 0 Å². The average Bonchev–Trinajstić information content (AvgIpc) is 2.99. The van der Waals surface area contributed by atoms with Crippen molar-refractivity contribution in [3.63, 3.8) is 0 Å². The van der Waals surface area contributed by atoms with Crippen LogP contribution in [-0.4, -0.2) is 18.5 Å². The summed E-state index contributed by atoms with van der Waals surface area (Å²) < 4.78 is 0. The highest BCUT2D eigenvalue weighted by Gasteiger charge is 2.49. The molecule has 5 unspecified atom stereocenters. The van der Waals surface area contributed by atoms with Crippen LogP contribution in [0.4, 0.5) is 0 Å². The van der Waals surface area contributed by atoms with Crippen LogP contribution in [0.25, 0.3) is 0 Å². The van der Waals surface area contributed by atoms with E-state index in [9.17, 15) is 4.79 Å². The van der Waals surface area contributed by atoms with Gasteiger partial charge in [-0.3, -0.25) is 4.79 Å². The second-order valence-corrected chi connectivity index (χ2v) is 6.50. The van der Waals surface area contributed by atoms with Crippen molar-refractivity contribution in [3.05, 3.63) is 0 Å². The number of carbonyl (C=O) groups is 1. The van der Waals surface area contributed by atoms with E-state index in [4.69, 9.17) is 5.73 Å². The van der Waals surface area contributed by atoms with Crippen molar-refractivity contribution < 1.29 is 4.79 Å². The Morgan fingerprint density at radius 3 is 2.59 bits per heavy atom. The zero-order valence-corrected chi connectivity index (χ0v) is 10.7. The quantitative estimate of drug-likeness (QED) is 0.777. The topological polar surface area (TPSA) is 55.1 Å². The Morgan fingerprint density at radius 1 is 1.29 bits per heavy atom. The number of amides is 1. The highest BCUT2D eigenvalue weighted by atomic mass is 16.1. The Labute approximate surface area is 104 Å². The van der Waals surface area contributed by atoms with Gasteiger partial charge in [0.1, 0.15) is 0 Å². The standard InChI is InChI=1S/C14H24N2O/c1-8(9-2-3-9)7-16-14(17)12-10-4-5-11(6-10)13(12)15/h8-13H,2-7,15H2,1H3,(H,16,17). The van der Waals surface area contributed by atoms with Gasteiger partial charge in [0.25, 0.3) is 0 Å². The van der Waals surface area contributed by atoms with Crippen LogP contribution in [0.2, 0.25) is 0 Å². The smallest absolute Gasteiger partial charge is 0.224 e. The van der Waals surface area contributed by atoms with Gasteiger partial charge in [-0.2, -0.15) is 0 Å². The first-order chi connectivity index (χ1) is 8.16. The Bertz CT molecular complexity index is 311. The first-order valence-electron chi connectivity index (χ1n) is 7.20. The molecule has 0 heterocycles. The molecule has 3 aliphatic carbocycles. The largest absolute Gasteiger partial charge is 0.356 e. The lowest BCUT2D eigenvalue weighted by molar-refractivity contribution is -0.127. The molecule has 3 heteroatoms. The predicted molar refractivity (Wildman–Crippen MR) is 67.2 cm³/mol. The van der Waals surface area contributed by atoms with Gasteiger partial charge in [0.05, 0.1) is 5.92 Å². The average molecular weight is 236 g/mol. The highest BCUT2D eigenvalue weighted by molar-refractivity contribution is 5.80. The van der Waals surface area contributed by atoms with E-state index in [2.05, 4.69) is 12.2 Å². The molecule has 0 aromatic heterocycles. The lowest BCUT2D eigenvalue weighted by Crippen LogP contribution is -2.46. The van der Waals surface area contributed by atoms with Gasteiger partial charge in [-0.05, 0) is 55.8 Å². The SMILES string of the molecule is CC(CNC(=O)C1C2CCC(C2)C1N)C1CC1. The predicted octanol–water partition coefficient (Wildman–Crippen LogP) is 1.52. The number of nitrogens with one attached hydrogen (secondary N) is 1. The van der Waals surface area contributed by atoms with Crippen molar-refractivity contribution in [1.29, 1.82) is 0 Å². The molecule has 0 aromatic rings. The van der Waals surface area contributed by atoms with Gasteiger partial charge in [-0.15, -0.1) is 0 Å². The summed E-state index contributed by atoms with van der Waals surface area (Å²) in [5.41, 5.74) is 6.18. The normalized spacial score (nSPS) is 41.5. The summed E-state index contributed by atoms with van der Waals surface area (Å²) in [5, 5.41) is 3.14. The van der Waals surface area contributed by atoms with Gasteiger partial charge in [0.15, 0.2) is 0 Å². The summed E-state index contributed by atoms with van der Waals surface area (Å²) in [4.78, 5) is 12.2. The first-order valence-corrected chi connectivity index (χ1v) is 7.20. The fourth-order valence-corrected chi connectivity index (χ4v) is 3.94. The van der Waals surface area contributed by atoms with Gasteiger partial charge in [0, 0.05) is 12.6 Å². The molecule has 0 spiro atoms. The Kier molecular flexibility index (Phi) is 2.89. The minimum atomic E-state index is 0.111. The molecule has 17 heavy (non-hydrogen) atoms. The van der Waals surface area contributed by atoms with E-state index in [1.54, 1.807) is 0 Å². The Hall–Kier alpha value is -0.570. The fourth-order valence-electron chi connectivity index (χ4n) is 3.94. The van der Waals surface area contributed by atoms with Crippen LogP contribution in [0.5, 0.6) is 0 Å². The van der Waals surface area contributed by atoms with Crippen molar-refractivity contribution in [1.82, 2.24) is 5.32 Å². The lowest BCUT2D eigenvalue weighted by Gasteiger charge is -2.27. The Morgan fingerprint density at radius 2 is 2.00 bits per heavy atom. The molecule has 3 fully saturated rings. The van der Waals surface area contributed by atoms with Gasteiger partial charge >= 0.3 is 0 Å². The van der Waals surface area contributed by atoms with Gasteiger partial charge in [-0.25, -0.2) is 0 Å². The van der Waals surface area contributed by atoms with Crippen LogP contribution in [0.3, 0.4) is 0 Å². The zero-order chi connectivity index (χ0) is 12.0. The van der Waals surface area contributed by atoms with Crippen LogP contribution in [-0.2, 0) is 4.79 Å². The zero-order valence-electron chi connectivity index (χ0n) is 10.7. The summed E-state index contributed by atoms with van der Waals surface area (Å²) in [6, 6.07) is 0.130. The molecule has 0 saturated heterocycles. The first kappa shape index (κ1) is 11.5. The molecule has 2 bridgehead atoms. The van der Waals surface area contributed by atoms with Crippen LogP contribution in [0.1, 0.15) is 39.0 Å². The van der Waals surface area contributed by atoms with Crippen molar-refractivity contribution in [2.75, 3.05) is 6.54 Å². The van der Waals surface area contributed by atoms with E-state index >= 15 is 0 Å². The van der Waals surface area contributed by atoms with Crippen molar-refractivity contribution >= 4 is 5.91 Å². The molecule has 0 aliphatic heterocycles. The molecule has 3 saturated carbocycles. The molecular formula is C14H24N2O. The molecule has 0 radical (unpaired) electrons. The fraction of sp³-hybridized carbons (Fsp3) is 0.929. The molecule has 5 atom stereocenters. The summed E-state index contributed by atoms with van der Waals surface area (Å²) in [6.07, 6.45) is 6.36. The second-order valence-electron chi connectivity index (χ2n) is 6.50. The monoisotopic (exact) mass is 236 g/mol. The van der Waals surface area contributed by atoms with Crippen LogP contribution < -0.4 is 11.1 Å². The van der Waals surface area contributed by atoms with Gasteiger partial charge in [-0.1, -0.05) is 6.92 Å². The molecule has 3 N–H and O–H groups in total. The van der Waals surface area contributed by atoms with E-state index < -0.39 is 0 Å². The number of hydrogen-bond donors (Lipinski definition) is 2. The summed E-state index contributed by atoms with van der Waals surface area (Å²) in [5.74, 6) is 3.05. The molecule has 3 rings (SSSR count). The maximum Gasteiger partial charge on any atom is 0.224 e. The third-order valence-electron chi connectivity index (χ3n) is 5.31. The highest BCUT2D eigenvalue weighted by Crippen LogP contribution is 2.47. The summed E-state index contributed by atoms with van der Waals surface area (Å²) in [6.45, 7) is 3.10. The minimum Gasteiger partial charge on any atom is -0.356 e. The van der Waals surface area contributed by atoms with E-state index in [-0.39, 0.29) is 17.9 Å². The Balaban J connectivity index is 1.52. The van der Waals surface area contributed by atoms with Crippen LogP contribution in [0.15, 0.2) is 0 Å². The third-order valence-corrected chi connectivity index (χ3v) is 5.31. The number of nitrogens with two attached hydrogens (primary N) is 1. The number of carbonyl (C=O) groups excluding carboxylic acids is 1. The summed E-state index contributed by atoms with van der Waals surface area (Å²) >= 11 is 0. The molecular weight excluding hydrogens is 212 g/mol. The number of hydrogen-bond acceptors (Lipinski definition) is 2. The van der Waals surface area contributed by atoms with Gasteiger partial charge < -0.3 is 11.1 Å². The molecule has 1 amide bonds. The molecule has 3 aliphatic rings.